The summed E-state index contributed by atoms with van der Waals surface area (Å²) in [5.74, 6) is 0.108. The smallest absolute Gasteiger partial charge is 0.251 e. The van der Waals surface area contributed by atoms with E-state index in [0.717, 1.165) is 10.9 Å². The third-order valence-corrected chi connectivity index (χ3v) is 6.47. The summed E-state index contributed by atoms with van der Waals surface area (Å²) in [7, 11) is -3.14. The molecule has 0 unspecified atom stereocenters. The second kappa shape index (κ2) is 8.26. The minimum atomic E-state index is -3.14. The summed E-state index contributed by atoms with van der Waals surface area (Å²) >= 11 is 3.35. The van der Waals surface area contributed by atoms with Crippen LogP contribution in [-0.2, 0) is 10.0 Å². The molecular weight excluding hydrogens is 380 g/mol. The Morgan fingerprint density at radius 3 is 2.65 bits per heavy atom. The van der Waals surface area contributed by atoms with Crippen molar-refractivity contribution in [3.05, 3.63) is 34.3 Å². The largest absolute Gasteiger partial charge is 0.349 e. The number of sulfonamides is 1. The van der Waals surface area contributed by atoms with E-state index in [2.05, 4.69) is 21.2 Å². The van der Waals surface area contributed by atoms with Crippen LogP contribution in [0, 0.1) is 0 Å². The molecule has 23 heavy (non-hydrogen) atoms. The molecule has 1 aliphatic heterocycles. The van der Waals surface area contributed by atoms with Gasteiger partial charge in [-0.1, -0.05) is 35.3 Å². The van der Waals surface area contributed by atoms with Crippen LogP contribution in [-0.4, -0.2) is 43.5 Å². The zero-order valence-corrected chi connectivity index (χ0v) is 15.7. The second-order valence-corrected chi connectivity index (χ2v) is 8.83. The summed E-state index contributed by atoms with van der Waals surface area (Å²) < 4.78 is 26.8. The lowest BCUT2D eigenvalue weighted by molar-refractivity contribution is 0.0924. The van der Waals surface area contributed by atoms with E-state index in [1.807, 2.05) is 19.1 Å². The molecule has 0 aliphatic carbocycles. The van der Waals surface area contributed by atoms with Gasteiger partial charge in [0.05, 0.1) is 5.75 Å². The number of nitrogens with one attached hydrogen (secondary N) is 1. The molecule has 0 atom stereocenters. The number of carbonyl (C=O) groups is 1. The maximum Gasteiger partial charge on any atom is 0.251 e. The number of nitrogens with zero attached hydrogens (tertiary/aromatic N) is 1. The van der Waals surface area contributed by atoms with Crippen molar-refractivity contribution in [2.75, 3.05) is 18.8 Å². The van der Waals surface area contributed by atoms with Crippen LogP contribution >= 0.6 is 15.9 Å². The van der Waals surface area contributed by atoms with Gasteiger partial charge in [-0.25, -0.2) is 12.7 Å². The van der Waals surface area contributed by atoms with Gasteiger partial charge in [0.15, 0.2) is 0 Å². The molecule has 0 spiro atoms. The van der Waals surface area contributed by atoms with E-state index in [1.54, 1.807) is 16.4 Å². The summed E-state index contributed by atoms with van der Waals surface area (Å²) in [5.41, 5.74) is 0.609. The van der Waals surface area contributed by atoms with Crippen LogP contribution in [0.25, 0.3) is 0 Å². The lowest BCUT2D eigenvalue weighted by Gasteiger charge is -2.31. The molecule has 0 radical (unpaired) electrons. The third-order valence-electron chi connectivity index (χ3n) is 4.03. The zero-order valence-electron chi connectivity index (χ0n) is 13.3. The normalized spacial score (nSPS) is 17.1. The Morgan fingerprint density at radius 2 is 2.04 bits per heavy atom. The summed E-state index contributed by atoms with van der Waals surface area (Å²) in [6, 6.07) is 7.27. The maximum absolute atomic E-state index is 12.2. The van der Waals surface area contributed by atoms with Crippen molar-refractivity contribution >= 4 is 31.9 Å². The number of unbranched alkanes of at least 4 members (excludes halogenated alkanes) is 1. The predicted octanol–water partition coefficient (Wildman–Crippen LogP) is 2.77. The Balaban J connectivity index is 1.86. The van der Waals surface area contributed by atoms with Gasteiger partial charge in [-0.3, -0.25) is 4.79 Å². The molecule has 1 aromatic rings. The first-order chi connectivity index (χ1) is 10.9. The van der Waals surface area contributed by atoms with Crippen molar-refractivity contribution in [1.29, 1.82) is 0 Å². The highest BCUT2D eigenvalue weighted by molar-refractivity contribution is 9.10. The summed E-state index contributed by atoms with van der Waals surface area (Å²) in [6.45, 7) is 2.95. The first-order valence-electron chi connectivity index (χ1n) is 7.96. The van der Waals surface area contributed by atoms with Gasteiger partial charge in [0.2, 0.25) is 10.0 Å². The highest BCUT2D eigenvalue weighted by Gasteiger charge is 2.28. The Kier molecular flexibility index (Phi) is 6.61. The number of halogens is 1. The summed E-state index contributed by atoms with van der Waals surface area (Å²) in [6.07, 6.45) is 2.89. The fourth-order valence-corrected chi connectivity index (χ4v) is 4.71. The van der Waals surface area contributed by atoms with E-state index < -0.39 is 10.0 Å². The van der Waals surface area contributed by atoms with Crippen molar-refractivity contribution in [1.82, 2.24) is 9.62 Å². The van der Waals surface area contributed by atoms with Gasteiger partial charge in [0.25, 0.3) is 5.91 Å². The van der Waals surface area contributed by atoms with E-state index >= 15 is 0 Å². The zero-order chi connectivity index (χ0) is 16.9. The SMILES string of the molecule is CCCCS(=O)(=O)N1CCC(NC(=O)c2cccc(Br)c2)CC1. The Labute approximate surface area is 146 Å². The number of piperidine rings is 1. The number of hydrogen-bond acceptors (Lipinski definition) is 3. The van der Waals surface area contributed by atoms with Crippen LogP contribution < -0.4 is 5.32 Å². The Morgan fingerprint density at radius 1 is 1.35 bits per heavy atom. The van der Waals surface area contributed by atoms with Crippen LogP contribution in [0.1, 0.15) is 43.0 Å². The van der Waals surface area contributed by atoms with Gasteiger partial charge < -0.3 is 5.32 Å². The highest BCUT2D eigenvalue weighted by Crippen LogP contribution is 2.17. The molecule has 1 heterocycles. The van der Waals surface area contributed by atoms with E-state index in [1.165, 1.54) is 0 Å². The van der Waals surface area contributed by atoms with Gasteiger partial charge in [-0.2, -0.15) is 0 Å². The lowest BCUT2D eigenvalue weighted by Crippen LogP contribution is -2.47. The van der Waals surface area contributed by atoms with Crippen LogP contribution in [0.2, 0.25) is 0 Å². The molecule has 1 N–H and O–H groups in total. The fourth-order valence-electron chi connectivity index (χ4n) is 2.63. The topological polar surface area (TPSA) is 66.5 Å². The number of hydrogen-bond donors (Lipinski definition) is 1. The van der Waals surface area contributed by atoms with Crippen LogP contribution in [0.3, 0.4) is 0 Å². The average molecular weight is 403 g/mol. The standard InChI is InChI=1S/C16H23BrN2O3S/c1-2-3-11-23(21,22)19-9-7-15(8-10-19)18-16(20)13-5-4-6-14(17)12-13/h4-6,12,15H,2-3,7-11H2,1H3,(H,18,20). The van der Waals surface area contributed by atoms with E-state index in [9.17, 15) is 13.2 Å². The van der Waals surface area contributed by atoms with Crippen LogP contribution in [0.5, 0.6) is 0 Å². The molecule has 1 amide bonds. The number of rotatable bonds is 6. The lowest BCUT2D eigenvalue weighted by atomic mass is 10.1. The molecular formula is C16H23BrN2O3S. The molecule has 0 saturated carbocycles. The minimum absolute atomic E-state index is 0.0270. The van der Waals surface area contributed by atoms with E-state index in [-0.39, 0.29) is 17.7 Å². The molecule has 0 aromatic heterocycles. The highest BCUT2D eigenvalue weighted by atomic mass is 79.9. The third kappa shape index (κ3) is 5.29. The predicted molar refractivity (Wildman–Crippen MR) is 94.9 cm³/mol. The molecule has 128 valence electrons. The quantitative estimate of drug-likeness (QED) is 0.795. The molecule has 7 heteroatoms. The van der Waals surface area contributed by atoms with Gasteiger partial charge >= 0.3 is 0 Å². The molecule has 5 nitrogen and oxygen atoms in total. The van der Waals surface area contributed by atoms with Crippen molar-refractivity contribution in [3.8, 4) is 0 Å². The Bertz CT molecular complexity index is 640. The molecule has 1 fully saturated rings. The van der Waals surface area contributed by atoms with Gasteiger partial charge in [0.1, 0.15) is 0 Å². The molecule has 1 aromatic carbocycles. The molecule has 2 rings (SSSR count). The van der Waals surface area contributed by atoms with Gasteiger partial charge in [0, 0.05) is 29.2 Å². The minimum Gasteiger partial charge on any atom is -0.349 e. The molecule has 0 bridgehead atoms. The average Bonchev–Trinajstić information content (AvgIpc) is 2.53. The first-order valence-corrected chi connectivity index (χ1v) is 10.4. The van der Waals surface area contributed by atoms with E-state index in [4.69, 9.17) is 0 Å². The fraction of sp³-hybridized carbons (Fsp3) is 0.562. The summed E-state index contributed by atoms with van der Waals surface area (Å²) in [4.78, 5) is 12.2. The van der Waals surface area contributed by atoms with Crippen molar-refractivity contribution < 1.29 is 13.2 Å². The van der Waals surface area contributed by atoms with Gasteiger partial charge in [-0.15, -0.1) is 0 Å². The van der Waals surface area contributed by atoms with Gasteiger partial charge in [-0.05, 0) is 37.5 Å². The molecule has 1 saturated heterocycles. The Hall–Kier alpha value is -0.920. The van der Waals surface area contributed by atoms with Crippen LogP contribution in [0.4, 0.5) is 0 Å². The van der Waals surface area contributed by atoms with Crippen molar-refractivity contribution in [3.63, 3.8) is 0 Å². The van der Waals surface area contributed by atoms with Crippen LogP contribution in [0.15, 0.2) is 28.7 Å². The number of amides is 1. The maximum atomic E-state index is 12.2. The van der Waals surface area contributed by atoms with Crippen molar-refractivity contribution in [2.45, 2.75) is 38.6 Å². The second-order valence-electron chi connectivity index (χ2n) is 5.83. The number of carbonyl (C=O) groups excluding carboxylic acids is 1. The summed E-state index contributed by atoms with van der Waals surface area (Å²) in [5, 5.41) is 3.00. The number of benzene rings is 1. The monoisotopic (exact) mass is 402 g/mol. The first kappa shape index (κ1) is 18.4. The van der Waals surface area contributed by atoms with E-state index in [0.29, 0.717) is 37.9 Å². The van der Waals surface area contributed by atoms with Crippen molar-refractivity contribution in [2.24, 2.45) is 0 Å². The molecule has 1 aliphatic rings.